The van der Waals surface area contributed by atoms with Gasteiger partial charge in [0, 0.05) is 23.8 Å². The minimum Gasteiger partial charge on any atom is -0.325 e. The number of fused-ring (bicyclic) bond motifs is 1. The van der Waals surface area contributed by atoms with Crippen LogP contribution in [0.25, 0.3) is 0 Å². The maximum atomic E-state index is 12.5. The van der Waals surface area contributed by atoms with Crippen molar-refractivity contribution in [2.24, 2.45) is 0 Å². The van der Waals surface area contributed by atoms with Crippen molar-refractivity contribution in [2.45, 2.75) is 42.9 Å². The zero-order valence-electron chi connectivity index (χ0n) is 13.5. The Kier molecular flexibility index (Phi) is 5.11. The van der Waals surface area contributed by atoms with Gasteiger partial charge < -0.3 is 5.32 Å². The Balaban J connectivity index is 1.78. The zero-order chi connectivity index (χ0) is 16.9. The van der Waals surface area contributed by atoms with Crippen LogP contribution < -0.4 is 5.32 Å². The Hall–Kier alpha value is -2.39. The summed E-state index contributed by atoms with van der Waals surface area (Å²) < 4.78 is 0. The van der Waals surface area contributed by atoms with Crippen LogP contribution in [0.2, 0.25) is 0 Å². The first kappa shape index (κ1) is 16.5. The molecule has 0 radical (unpaired) electrons. The van der Waals surface area contributed by atoms with E-state index in [0.29, 0.717) is 17.0 Å². The third kappa shape index (κ3) is 3.57. The summed E-state index contributed by atoms with van der Waals surface area (Å²) in [5.74, 6) is -0.0834. The Morgan fingerprint density at radius 3 is 2.92 bits per heavy atom. The molecule has 1 unspecified atom stereocenters. The first-order valence-electron chi connectivity index (χ1n) is 8.01. The highest BCUT2D eigenvalue weighted by Gasteiger charge is 2.23. The van der Waals surface area contributed by atoms with Gasteiger partial charge in [-0.3, -0.25) is 9.78 Å². The lowest BCUT2D eigenvalue weighted by molar-refractivity contribution is -0.115. The predicted octanol–water partition coefficient (Wildman–Crippen LogP) is 3.35. The van der Waals surface area contributed by atoms with Gasteiger partial charge >= 0.3 is 0 Å². The summed E-state index contributed by atoms with van der Waals surface area (Å²) in [7, 11) is 0. The minimum atomic E-state index is -0.294. The molecule has 1 N–H and O–H groups in total. The molecule has 1 aliphatic rings. The molecule has 3 rings (SSSR count). The van der Waals surface area contributed by atoms with Crippen molar-refractivity contribution in [1.29, 1.82) is 5.26 Å². The largest absolute Gasteiger partial charge is 0.325 e. The molecule has 5 nitrogen and oxygen atoms in total. The van der Waals surface area contributed by atoms with Gasteiger partial charge in [-0.2, -0.15) is 5.26 Å². The van der Waals surface area contributed by atoms with Crippen LogP contribution in [-0.4, -0.2) is 21.1 Å². The van der Waals surface area contributed by atoms with Gasteiger partial charge in [0.15, 0.2) is 0 Å². The molecule has 6 heteroatoms. The fourth-order valence-corrected chi connectivity index (χ4v) is 3.73. The molecular weight excluding hydrogens is 320 g/mol. The van der Waals surface area contributed by atoms with E-state index in [2.05, 4.69) is 21.4 Å². The second-order valence-electron chi connectivity index (χ2n) is 5.65. The molecule has 24 heavy (non-hydrogen) atoms. The van der Waals surface area contributed by atoms with Crippen molar-refractivity contribution >= 4 is 23.4 Å². The minimum absolute atomic E-state index is 0.0834. The molecule has 0 saturated carbocycles. The molecule has 122 valence electrons. The Bertz CT molecular complexity index is 786. The number of anilines is 1. The Morgan fingerprint density at radius 1 is 1.42 bits per heavy atom. The first-order valence-corrected chi connectivity index (χ1v) is 8.89. The van der Waals surface area contributed by atoms with Gasteiger partial charge in [-0.1, -0.05) is 18.7 Å². The van der Waals surface area contributed by atoms with E-state index in [1.165, 1.54) is 17.3 Å². The molecule has 0 spiro atoms. The SMILES string of the molecule is CCC(Sc1nc2c(cc1C#N)CCC2)C(=O)Nc1ccncc1. The van der Waals surface area contributed by atoms with E-state index < -0.39 is 0 Å². The summed E-state index contributed by atoms with van der Waals surface area (Å²) in [6.45, 7) is 1.96. The van der Waals surface area contributed by atoms with E-state index in [9.17, 15) is 10.1 Å². The number of carbonyl (C=O) groups excluding carboxylic acids is 1. The molecule has 0 bridgehead atoms. The van der Waals surface area contributed by atoms with Crippen LogP contribution in [0.3, 0.4) is 0 Å². The third-order valence-electron chi connectivity index (χ3n) is 4.00. The smallest absolute Gasteiger partial charge is 0.237 e. The summed E-state index contributed by atoms with van der Waals surface area (Å²) in [5.41, 5.74) is 3.53. The molecule has 0 aliphatic heterocycles. The summed E-state index contributed by atoms with van der Waals surface area (Å²) in [4.78, 5) is 21.1. The molecule has 2 aromatic heterocycles. The number of pyridine rings is 2. The molecule has 0 fully saturated rings. The lowest BCUT2D eigenvalue weighted by Gasteiger charge is -2.15. The Labute approximate surface area is 145 Å². The fourth-order valence-electron chi connectivity index (χ4n) is 2.74. The molecule has 1 amide bonds. The number of aryl methyl sites for hydroxylation is 2. The van der Waals surface area contributed by atoms with E-state index in [4.69, 9.17) is 0 Å². The van der Waals surface area contributed by atoms with E-state index in [-0.39, 0.29) is 11.2 Å². The van der Waals surface area contributed by atoms with Gasteiger partial charge in [0.1, 0.15) is 11.1 Å². The van der Waals surface area contributed by atoms with Crippen molar-refractivity contribution in [3.05, 3.63) is 47.4 Å². The maximum absolute atomic E-state index is 12.5. The number of nitrogens with one attached hydrogen (secondary N) is 1. The van der Waals surface area contributed by atoms with Gasteiger partial charge in [0.2, 0.25) is 5.91 Å². The molecule has 1 atom stereocenters. The molecule has 0 saturated heterocycles. The number of nitriles is 1. The second-order valence-corrected chi connectivity index (χ2v) is 6.84. The van der Waals surface area contributed by atoms with Gasteiger partial charge in [-0.15, -0.1) is 0 Å². The lowest BCUT2D eigenvalue weighted by atomic mass is 10.2. The topological polar surface area (TPSA) is 78.7 Å². The van der Waals surface area contributed by atoms with E-state index in [0.717, 1.165) is 30.6 Å². The third-order valence-corrected chi connectivity index (χ3v) is 5.37. The summed E-state index contributed by atoms with van der Waals surface area (Å²) in [5, 5.41) is 12.7. The van der Waals surface area contributed by atoms with Gasteiger partial charge in [0.25, 0.3) is 0 Å². The predicted molar refractivity (Wildman–Crippen MR) is 93.8 cm³/mol. The average molecular weight is 338 g/mol. The number of carbonyl (C=O) groups is 1. The molecule has 2 aromatic rings. The van der Waals surface area contributed by atoms with Crippen molar-refractivity contribution < 1.29 is 4.79 Å². The molecule has 2 heterocycles. The number of nitrogens with zero attached hydrogens (tertiary/aromatic N) is 3. The highest BCUT2D eigenvalue weighted by Crippen LogP contribution is 2.31. The quantitative estimate of drug-likeness (QED) is 0.846. The van der Waals surface area contributed by atoms with Gasteiger partial charge in [-0.05, 0) is 49.4 Å². The van der Waals surface area contributed by atoms with Crippen LogP contribution in [0.1, 0.15) is 36.6 Å². The van der Waals surface area contributed by atoms with Gasteiger partial charge in [0.05, 0.1) is 10.8 Å². The molecule has 0 aromatic carbocycles. The molecule has 1 aliphatic carbocycles. The van der Waals surface area contributed by atoms with Crippen molar-refractivity contribution in [3.8, 4) is 6.07 Å². The standard InChI is InChI=1S/C18H18N4OS/c1-2-16(17(23)21-14-6-8-20-9-7-14)24-18-13(11-19)10-12-4-3-5-15(12)22-18/h6-10,16H,2-5H2,1H3,(H,20,21,23). The highest BCUT2D eigenvalue weighted by atomic mass is 32.2. The van der Waals surface area contributed by atoms with Crippen molar-refractivity contribution in [1.82, 2.24) is 9.97 Å². The maximum Gasteiger partial charge on any atom is 0.237 e. The lowest BCUT2D eigenvalue weighted by Crippen LogP contribution is -2.24. The van der Waals surface area contributed by atoms with Crippen LogP contribution in [0.5, 0.6) is 0 Å². The van der Waals surface area contributed by atoms with E-state index in [1.54, 1.807) is 24.5 Å². The highest BCUT2D eigenvalue weighted by molar-refractivity contribution is 8.00. The van der Waals surface area contributed by atoms with Crippen LogP contribution in [0.15, 0.2) is 35.6 Å². The number of aromatic nitrogens is 2. The fraction of sp³-hybridized carbons (Fsp3) is 0.333. The summed E-state index contributed by atoms with van der Waals surface area (Å²) in [6.07, 6.45) is 6.96. The number of hydrogen-bond donors (Lipinski definition) is 1. The molecular formula is C18H18N4OS. The van der Waals surface area contributed by atoms with E-state index >= 15 is 0 Å². The second kappa shape index (κ2) is 7.45. The van der Waals surface area contributed by atoms with Crippen LogP contribution in [0, 0.1) is 11.3 Å². The van der Waals surface area contributed by atoms with Gasteiger partial charge in [-0.25, -0.2) is 4.98 Å². The average Bonchev–Trinajstić information content (AvgIpc) is 3.06. The Morgan fingerprint density at radius 2 is 2.21 bits per heavy atom. The number of amides is 1. The van der Waals surface area contributed by atoms with Crippen LogP contribution in [0.4, 0.5) is 5.69 Å². The van der Waals surface area contributed by atoms with Crippen molar-refractivity contribution in [2.75, 3.05) is 5.32 Å². The number of thioether (sulfide) groups is 1. The zero-order valence-corrected chi connectivity index (χ0v) is 14.3. The van der Waals surface area contributed by atoms with Crippen LogP contribution >= 0.6 is 11.8 Å². The normalized spacial score (nSPS) is 13.8. The van der Waals surface area contributed by atoms with Crippen molar-refractivity contribution in [3.63, 3.8) is 0 Å². The van der Waals surface area contributed by atoms with Crippen LogP contribution in [-0.2, 0) is 17.6 Å². The summed E-state index contributed by atoms with van der Waals surface area (Å²) >= 11 is 1.37. The van der Waals surface area contributed by atoms with E-state index in [1.807, 2.05) is 13.0 Å². The number of hydrogen-bond acceptors (Lipinski definition) is 5. The monoisotopic (exact) mass is 338 g/mol. The number of rotatable bonds is 5. The summed E-state index contributed by atoms with van der Waals surface area (Å²) in [6, 6.07) is 7.66. The first-order chi connectivity index (χ1) is 11.7.